The average molecular weight is 256 g/mol. The Kier molecular flexibility index (Phi) is 6.09. The van der Waals surface area contributed by atoms with Crippen LogP contribution < -0.4 is 5.32 Å². The summed E-state index contributed by atoms with van der Waals surface area (Å²) in [5.74, 6) is 0.0760. The quantitative estimate of drug-likeness (QED) is 0.682. The topological polar surface area (TPSA) is 52.6 Å². The highest BCUT2D eigenvalue weighted by atomic mass is 16.4. The molecule has 0 aromatic carbocycles. The molecule has 1 rings (SSSR count). The number of nitrogens with one attached hydrogen (secondary N) is 1. The second-order valence-electron chi connectivity index (χ2n) is 6.24. The largest absolute Gasteiger partial charge is 0.481 e. The summed E-state index contributed by atoms with van der Waals surface area (Å²) < 4.78 is 0. The first-order valence-corrected chi connectivity index (χ1v) is 7.03. The van der Waals surface area contributed by atoms with Gasteiger partial charge in [-0.05, 0) is 57.3 Å². The Bertz CT molecular complexity index is 259. The lowest BCUT2D eigenvalue weighted by Gasteiger charge is -2.40. The minimum Gasteiger partial charge on any atom is -0.481 e. The first-order valence-electron chi connectivity index (χ1n) is 7.03. The lowest BCUT2D eigenvalue weighted by Crippen LogP contribution is -2.42. The number of hydrogen-bond donors (Lipinski definition) is 2. The van der Waals surface area contributed by atoms with E-state index in [0.717, 1.165) is 25.4 Å². The maximum atomic E-state index is 10.4. The molecule has 2 N–H and O–H groups in total. The summed E-state index contributed by atoms with van der Waals surface area (Å²) in [6, 6.07) is 0. The molecular formula is C14H28N2O2. The third-order valence-corrected chi connectivity index (χ3v) is 4.15. The zero-order valence-corrected chi connectivity index (χ0v) is 12.0. The molecule has 0 atom stereocenters. The summed E-state index contributed by atoms with van der Waals surface area (Å²) in [5, 5.41) is 12.0. The lowest BCUT2D eigenvalue weighted by atomic mass is 9.73. The van der Waals surface area contributed by atoms with Crippen molar-refractivity contribution >= 4 is 5.97 Å². The molecular weight excluding hydrogens is 228 g/mol. The van der Waals surface area contributed by atoms with Crippen LogP contribution in [-0.4, -0.2) is 49.2 Å². The number of carboxylic acids is 1. The van der Waals surface area contributed by atoms with Gasteiger partial charge in [0.05, 0.1) is 0 Å². The predicted octanol–water partition coefficient (Wildman–Crippen LogP) is 1.81. The fourth-order valence-corrected chi connectivity index (χ4v) is 2.71. The van der Waals surface area contributed by atoms with Crippen LogP contribution in [0.5, 0.6) is 0 Å². The van der Waals surface area contributed by atoms with Crippen molar-refractivity contribution in [2.24, 2.45) is 11.3 Å². The highest BCUT2D eigenvalue weighted by molar-refractivity contribution is 5.66. The summed E-state index contributed by atoms with van der Waals surface area (Å²) in [4.78, 5) is 12.8. The summed E-state index contributed by atoms with van der Waals surface area (Å²) in [6.07, 6.45) is 3.54. The van der Waals surface area contributed by atoms with Crippen molar-refractivity contribution in [3.05, 3.63) is 0 Å². The summed E-state index contributed by atoms with van der Waals surface area (Å²) in [6.45, 7) is 8.85. The zero-order chi connectivity index (χ0) is 13.6. The Morgan fingerprint density at radius 1 is 1.39 bits per heavy atom. The molecule has 1 fully saturated rings. The molecule has 0 aromatic rings. The van der Waals surface area contributed by atoms with E-state index in [1.807, 2.05) is 0 Å². The van der Waals surface area contributed by atoms with Crippen molar-refractivity contribution in [3.8, 4) is 0 Å². The normalized spacial score (nSPS) is 19.1. The molecule has 1 heterocycles. The van der Waals surface area contributed by atoms with Crippen molar-refractivity contribution in [2.75, 3.05) is 33.2 Å². The first kappa shape index (κ1) is 15.4. The highest BCUT2D eigenvalue weighted by Crippen LogP contribution is 2.34. The smallest absolute Gasteiger partial charge is 0.303 e. The van der Waals surface area contributed by atoms with Gasteiger partial charge in [0, 0.05) is 13.0 Å². The van der Waals surface area contributed by atoms with E-state index in [1.165, 1.54) is 25.9 Å². The molecule has 1 aliphatic rings. The van der Waals surface area contributed by atoms with Gasteiger partial charge in [-0.15, -0.1) is 0 Å². The van der Waals surface area contributed by atoms with Crippen LogP contribution in [0.25, 0.3) is 0 Å². The SMILES string of the molecule is CN1CCC(C(C)(C)CNCCCC(=O)O)CC1. The molecule has 0 aromatic heterocycles. The fraction of sp³-hybridized carbons (Fsp3) is 0.929. The van der Waals surface area contributed by atoms with E-state index in [2.05, 4.69) is 31.1 Å². The third-order valence-electron chi connectivity index (χ3n) is 4.15. The van der Waals surface area contributed by atoms with Gasteiger partial charge in [0.25, 0.3) is 0 Å². The van der Waals surface area contributed by atoms with E-state index < -0.39 is 5.97 Å². The van der Waals surface area contributed by atoms with Crippen molar-refractivity contribution < 1.29 is 9.90 Å². The molecule has 0 saturated carbocycles. The number of aliphatic carboxylic acids is 1. The third kappa shape index (κ3) is 5.36. The van der Waals surface area contributed by atoms with Crippen LogP contribution in [0.2, 0.25) is 0 Å². The second kappa shape index (κ2) is 7.10. The molecule has 106 valence electrons. The Balaban J connectivity index is 2.20. The summed E-state index contributed by atoms with van der Waals surface area (Å²) >= 11 is 0. The van der Waals surface area contributed by atoms with Gasteiger partial charge in [0.15, 0.2) is 0 Å². The van der Waals surface area contributed by atoms with Crippen LogP contribution in [0.3, 0.4) is 0 Å². The molecule has 0 aliphatic carbocycles. The van der Waals surface area contributed by atoms with Crippen molar-refractivity contribution in [2.45, 2.75) is 39.5 Å². The molecule has 0 radical (unpaired) electrons. The average Bonchev–Trinajstić information content (AvgIpc) is 2.28. The number of carbonyl (C=O) groups is 1. The van der Waals surface area contributed by atoms with Gasteiger partial charge in [0.1, 0.15) is 0 Å². The number of rotatable bonds is 7. The van der Waals surface area contributed by atoms with Crippen molar-refractivity contribution in [1.29, 1.82) is 0 Å². The van der Waals surface area contributed by atoms with Crippen LogP contribution in [0.1, 0.15) is 39.5 Å². The molecule has 4 nitrogen and oxygen atoms in total. The van der Waals surface area contributed by atoms with E-state index in [9.17, 15) is 4.79 Å². The van der Waals surface area contributed by atoms with Gasteiger partial charge in [-0.25, -0.2) is 0 Å². The fourth-order valence-electron chi connectivity index (χ4n) is 2.71. The molecule has 18 heavy (non-hydrogen) atoms. The number of nitrogens with zero attached hydrogens (tertiary/aromatic N) is 1. The molecule has 4 heteroatoms. The molecule has 0 unspecified atom stereocenters. The Morgan fingerprint density at radius 3 is 2.56 bits per heavy atom. The Morgan fingerprint density at radius 2 is 2.00 bits per heavy atom. The van der Waals surface area contributed by atoms with Crippen molar-refractivity contribution in [1.82, 2.24) is 10.2 Å². The van der Waals surface area contributed by atoms with E-state index in [4.69, 9.17) is 5.11 Å². The van der Waals surface area contributed by atoms with Crippen LogP contribution >= 0.6 is 0 Å². The minimum absolute atomic E-state index is 0.266. The van der Waals surface area contributed by atoms with Gasteiger partial charge >= 0.3 is 5.97 Å². The predicted molar refractivity (Wildman–Crippen MR) is 73.7 cm³/mol. The summed E-state index contributed by atoms with van der Waals surface area (Å²) in [5.41, 5.74) is 0.310. The summed E-state index contributed by atoms with van der Waals surface area (Å²) in [7, 11) is 2.19. The minimum atomic E-state index is -0.702. The zero-order valence-electron chi connectivity index (χ0n) is 12.0. The Labute approximate surface area is 111 Å². The highest BCUT2D eigenvalue weighted by Gasteiger charge is 2.31. The van der Waals surface area contributed by atoms with E-state index in [0.29, 0.717) is 5.41 Å². The maximum Gasteiger partial charge on any atom is 0.303 e. The number of hydrogen-bond acceptors (Lipinski definition) is 3. The number of carboxylic acid groups (broad SMARTS) is 1. The number of piperidine rings is 1. The van der Waals surface area contributed by atoms with Gasteiger partial charge < -0.3 is 15.3 Å². The molecule has 1 saturated heterocycles. The van der Waals surface area contributed by atoms with E-state index in [-0.39, 0.29) is 6.42 Å². The van der Waals surface area contributed by atoms with E-state index >= 15 is 0 Å². The standard InChI is InChI=1S/C14H28N2O2/c1-14(2,11-15-8-4-5-13(17)18)12-6-9-16(3)10-7-12/h12,15H,4-11H2,1-3H3,(H,17,18). The second-order valence-corrected chi connectivity index (χ2v) is 6.24. The van der Waals surface area contributed by atoms with Crippen molar-refractivity contribution in [3.63, 3.8) is 0 Å². The maximum absolute atomic E-state index is 10.4. The van der Waals surface area contributed by atoms with Crippen LogP contribution in [0.15, 0.2) is 0 Å². The van der Waals surface area contributed by atoms with Gasteiger partial charge in [-0.1, -0.05) is 13.8 Å². The number of likely N-dealkylation sites (tertiary alicyclic amines) is 1. The van der Waals surface area contributed by atoms with Gasteiger partial charge in [-0.2, -0.15) is 0 Å². The first-order chi connectivity index (χ1) is 8.42. The molecule has 0 amide bonds. The monoisotopic (exact) mass is 256 g/mol. The van der Waals surface area contributed by atoms with Gasteiger partial charge in [0.2, 0.25) is 0 Å². The van der Waals surface area contributed by atoms with Crippen LogP contribution in [-0.2, 0) is 4.79 Å². The van der Waals surface area contributed by atoms with Crippen LogP contribution in [0.4, 0.5) is 0 Å². The van der Waals surface area contributed by atoms with E-state index in [1.54, 1.807) is 0 Å². The Hall–Kier alpha value is -0.610. The molecule has 1 aliphatic heterocycles. The van der Waals surface area contributed by atoms with Crippen LogP contribution in [0, 0.1) is 11.3 Å². The molecule has 0 bridgehead atoms. The van der Waals surface area contributed by atoms with Gasteiger partial charge in [-0.3, -0.25) is 4.79 Å². The lowest BCUT2D eigenvalue weighted by molar-refractivity contribution is -0.137. The molecule has 0 spiro atoms.